The van der Waals surface area contributed by atoms with E-state index in [4.69, 9.17) is 5.73 Å². The van der Waals surface area contributed by atoms with Crippen LogP contribution in [0.3, 0.4) is 0 Å². The Morgan fingerprint density at radius 3 is 2.06 bits per heavy atom. The molecule has 1 fully saturated rings. The smallest absolute Gasteiger partial charge is 0.246 e. The van der Waals surface area contributed by atoms with Crippen LogP contribution in [0, 0.1) is 11.6 Å². The Kier molecular flexibility index (Phi) is 2.66. The van der Waals surface area contributed by atoms with Gasteiger partial charge in [0.05, 0.1) is 13.1 Å². The van der Waals surface area contributed by atoms with Gasteiger partial charge >= 0.3 is 0 Å². The van der Waals surface area contributed by atoms with E-state index in [9.17, 15) is 18.4 Å². The van der Waals surface area contributed by atoms with Gasteiger partial charge in [-0.1, -0.05) is 0 Å². The van der Waals surface area contributed by atoms with Gasteiger partial charge in [-0.05, 0) is 12.1 Å². The summed E-state index contributed by atoms with van der Waals surface area (Å²) in [7, 11) is 0. The van der Waals surface area contributed by atoms with Gasteiger partial charge in [0.2, 0.25) is 11.8 Å². The molecule has 0 radical (unpaired) electrons. The Labute approximate surface area is 95.2 Å². The topological polar surface area (TPSA) is 75.4 Å². The molecule has 0 spiro atoms. The van der Waals surface area contributed by atoms with Crippen molar-refractivity contribution in [3.8, 4) is 0 Å². The zero-order chi connectivity index (χ0) is 12.6. The van der Waals surface area contributed by atoms with Crippen LogP contribution in [0.15, 0.2) is 12.1 Å². The van der Waals surface area contributed by atoms with E-state index in [1.807, 2.05) is 5.32 Å². The fraction of sp³-hybridized carbons (Fsp3) is 0.200. The van der Waals surface area contributed by atoms with Gasteiger partial charge in [0.25, 0.3) is 0 Å². The van der Waals surface area contributed by atoms with Gasteiger partial charge in [-0.2, -0.15) is 0 Å². The van der Waals surface area contributed by atoms with Crippen LogP contribution in [-0.4, -0.2) is 24.9 Å². The van der Waals surface area contributed by atoms with Crippen LogP contribution < -0.4 is 16.0 Å². The molecule has 2 rings (SSSR count). The zero-order valence-corrected chi connectivity index (χ0v) is 8.67. The van der Waals surface area contributed by atoms with E-state index in [1.165, 1.54) is 0 Å². The molecule has 1 aromatic carbocycles. The lowest BCUT2D eigenvalue weighted by atomic mass is 10.2. The minimum Gasteiger partial charge on any atom is -0.399 e. The van der Waals surface area contributed by atoms with Gasteiger partial charge in [0.1, 0.15) is 5.69 Å². The number of nitrogens with two attached hydrogens (primary N) is 1. The summed E-state index contributed by atoms with van der Waals surface area (Å²) in [6.45, 7) is -0.549. The van der Waals surface area contributed by atoms with Crippen LogP contribution >= 0.6 is 0 Å². The van der Waals surface area contributed by atoms with Crippen molar-refractivity contribution in [2.24, 2.45) is 0 Å². The van der Waals surface area contributed by atoms with E-state index in [1.54, 1.807) is 0 Å². The van der Waals surface area contributed by atoms with Crippen molar-refractivity contribution >= 4 is 23.2 Å². The number of hydrogen-bond acceptors (Lipinski definition) is 4. The summed E-state index contributed by atoms with van der Waals surface area (Å²) in [5, 5.41) is 2.04. The Morgan fingerprint density at radius 2 is 1.59 bits per heavy atom. The van der Waals surface area contributed by atoms with Crippen molar-refractivity contribution in [3.05, 3.63) is 23.8 Å². The first kappa shape index (κ1) is 11.3. The summed E-state index contributed by atoms with van der Waals surface area (Å²) in [4.78, 5) is 23.2. The van der Waals surface area contributed by atoms with Crippen LogP contribution in [0.4, 0.5) is 20.2 Å². The minimum absolute atomic E-state index is 0.0588. The molecule has 3 N–H and O–H groups in total. The number of amides is 2. The fourth-order valence-electron chi connectivity index (χ4n) is 1.68. The van der Waals surface area contributed by atoms with Gasteiger partial charge in [-0.15, -0.1) is 0 Å². The van der Waals surface area contributed by atoms with E-state index in [0.717, 1.165) is 17.0 Å². The molecule has 0 aromatic heterocycles. The van der Waals surface area contributed by atoms with Crippen molar-refractivity contribution in [3.63, 3.8) is 0 Å². The number of carbonyl (C=O) groups is 2. The average molecular weight is 241 g/mol. The van der Waals surface area contributed by atoms with Gasteiger partial charge in [-0.25, -0.2) is 8.78 Å². The van der Waals surface area contributed by atoms with Crippen LogP contribution in [0.2, 0.25) is 0 Å². The highest BCUT2D eigenvalue weighted by atomic mass is 19.1. The van der Waals surface area contributed by atoms with Crippen molar-refractivity contribution in [2.45, 2.75) is 0 Å². The van der Waals surface area contributed by atoms with E-state index < -0.39 is 29.1 Å². The van der Waals surface area contributed by atoms with Crippen LogP contribution in [0.5, 0.6) is 0 Å². The first-order valence-corrected chi connectivity index (χ1v) is 4.79. The summed E-state index contributed by atoms with van der Waals surface area (Å²) in [5.74, 6) is -3.00. The molecule has 0 bridgehead atoms. The molecule has 0 aliphatic carbocycles. The number of nitrogens with one attached hydrogen (secondary N) is 1. The Bertz CT molecular complexity index is 465. The number of hydrogen-bond donors (Lipinski definition) is 2. The summed E-state index contributed by atoms with van der Waals surface area (Å²) < 4.78 is 27.1. The SMILES string of the molecule is Nc1cc(F)c(N2CC(=O)NC(=O)C2)c(F)c1. The number of nitrogens with zero attached hydrogens (tertiary/aromatic N) is 1. The largest absolute Gasteiger partial charge is 0.399 e. The second-order valence-electron chi connectivity index (χ2n) is 3.66. The lowest BCUT2D eigenvalue weighted by Gasteiger charge is -2.28. The molecule has 1 saturated heterocycles. The lowest BCUT2D eigenvalue weighted by molar-refractivity contribution is -0.130. The molecular weight excluding hydrogens is 232 g/mol. The predicted octanol–water partition coefficient (Wildman–Crippen LogP) is 0.00980. The summed E-state index contributed by atoms with van der Waals surface area (Å²) in [6, 6.07) is 1.88. The predicted molar refractivity (Wildman–Crippen MR) is 56.1 cm³/mol. The first-order chi connectivity index (χ1) is 7.97. The molecule has 0 saturated carbocycles. The third-order valence-electron chi connectivity index (χ3n) is 2.30. The summed E-state index contributed by atoms with van der Waals surface area (Å²) >= 11 is 0. The van der Waals surface area contributed by atoms with Crippen molar-refractivity contribution in [2.75, 3.05) is 23.7 Å². The molecule has 1 aromatic rings. The number of nitrogen functional groups attached to an aromatic ring is 1. The molecule has 2 amide bonds. The second-order valence-corrected chi connectivity index (χ2v) is 3.66. The molecule has 0 atom stereocenters. The summed E-state index contributed by atoms with van der Waals surface area (Å²) in [5.41, 5.74) is 4.79. The summed E-state index contributed by atoms with van der Waals surface area (Å²) in [6.07, 6.45) is 0. The van der Waals surface area contributed by atoms with Gasteiger partial charge < -0.3 is 10.6 Å². The molecule has 0 unspecified atom stereocenters. The van der Waals surface area contributed by atoms with Crippen LogP contribution in [-0.2, 0) is 9.59 Å². The number of piperazine rings is 1. The van der Waals surface area contributed by atoms with Crippen molar-refractivity contribution < 1.29 is 18.4 Å². The maximum absolute atomic E-state index is 13.5. The van der Waals surface area contributed by atoms with E-state index in [0.29, 0.717) is 0 Å². The third-order valence-corrected chi connectivity index (χ3v) is 2.30. The fourth-order valence-corrected chi connectivity index (χ4v) is 1.68. The first-order valence-electron chi connectivity index (χ1n) is 4.79. The van der Waals surface area contributed by atoms with E-state index in [-0.39, 0.29) is 18.8 Å². The highest BCUT2D eigenvalue weighted by Crippen LogP contribution is 2.26. The number of halogens is 2. The number of imide groups is 1. The Morgan fingerprint density at radius 1 is 1.12 bits per heavy atom. The van der Waals surface area contributed by atoms with E-state index >= 15 is 0 Å². The highest BCUT2D eigenvalue weighted by Gasteiger charge is 2.27. The quantitative estimate of drug-likeness (QED) is 0.536. The molecule has 17 heavy (non-hydrogen) atoms. The molecule has 90 valence electrons. The average Bonchev–Trinajstić information content (AvgIpc) is 2.13. The minimum atomic E-state index is -0.898. The van der Waals surface area contributed by atoms with Gasteiger partial charge in [0, 0.05) is 5.69 Å². The molecule has 7 heteroatoms. The highest BCUT2D eigenvalue weighted by molar-refractivity contribution is 6.02. The zero-order valence-electron chi connectivity index (χ0n) is 8.67. The standard InChI is InChI=1S/C10H9F2N3O2/c11-6-1-5(13)2-7(12)10(6)15-3-8(16)14-9(17)4-15/h1-2H,3-4,13H2,(H,14,16,17). The number of carbonyl (C=O) groups excluding carboxylic acids is 2. The molecular formula is C10H9F2N3O2. The van der Waals surface area contributed by atoms with Crippen molar-refractivity contribution in [1.82, 2.24) is 5.32 Å². The number of benzene rings is 1. The molecule has 1 aliphatic heterocycles. The second kappa shape index (κ2) is 4.00. The maximum Gasteiger partial charge on any atom is 0.246 e. The number of rotatable bonds is 1. The Hall–Kier alpha value is -2.18. The number of anilines is 2. The van der Waals surface area contributed by atoms with Crippen LogP contribution in [0.25, 0.3) is 0 Å². The molecule has 1 heterocycles. The molecule has 5 nitrogen and oxygen atoms in total. The normalized spacial score (nSPS) is 16.0. The monoisotopic (exact) mass is 241 g/mol. The van der Waals surface area contributed by atoms with Crippen molar-refractivity contribution in [1.29, 1.82) is 0 Å². The Balaban J connectivity index is 2.40. The third kappa shape index (κ3) is 2.17. The van der Waals surface area contributed by atoms with Crippen LogP contribution in [0.1, 0.15) is 0 Å². The van der Waals surface area contributed by atoms with E-state index in [2.05, 4.69) is 0 Å². The van der Waals surface area contributed by atoms with Gasteiger partial charge in [0.15, 0.2) is 11.6 Å². The van der Waals surface area contributed by atoms with Gasteiger partial charge in [-0.3, -0.25) is 14.9 Å². The molecule has 1 aliphatic rings. The maximum atomic E-state index is 13.5. The lowest BCUT2D eigenvalue weighted by Crippen LogP contribution is -2.52.